The molecule has 0 N–H and O–H groups in total. The van der Waals surface area contributed by atoms with Gasteiger partial charge in [-0.3, -0.25) is 19.6 Å². The minimum absolute atomic E-state index is 0.184. The number of benzene rings is 5. The smallest absolute Gasteiger partial charge is 0.247 e. The summed E-state index contributed by atoms with van der Waals surface area (Å²) in [4.78, 5) is 38.8. The fourth-order valence-electron chi connectivity index (χ4n) is 11.3. The van der Waals surface area contributed by atoms with Crippen molar-refractivity contribution < 1.29 is 0 Å². The second kappa shape index (κ2) is 27.8. The Labute approximate surface area is 515 Å². The van der Waals surface area contributed by atoms with Gasteiger partial charge in [-0.15, -0.1) is 0 Å². The van der Waals surface area contributed by atoms with E-state index >= 15 is 0 Å². The topological polar surface area (TPSA) is 54.2 Å². The van der Waals surface area contributed by atoms with Crippen molar-refractivity contribution in [3.8, 4) is 0 Å². The van der Waals surface area contributed by atoms with E-state index < -0.39 is 0 Å². The van der Waals surface area contributed by atoms with Crippen LogP contribution in [0.3, 0.4) is 0 Å². The highest BCUT2D eigenvalue weighted by atomic mass is 15.5. The van der Waals surface area contributed by atoms with Crippen molar-refractivity contribution in [1.29, 1.82) is 0 Å². The number of hydrogen-bond acceptors (Lipinski definition) is 10. The number of anilines is 5. The lowest BCUT2D eigenvalue weighted by Crippen LogP contribution is -2.35. The number of nitrogens with zero attached hydrogens (tertiary/aromatic N) is 15. The molecule has 5 aliphatic heterocycles. The van der Waals surface area contributed by atoms with Gasteiger partial charge in [-0.2, -0.15) is 0 Å². The van der Waals surface area contributed by atoms with Crippen LogP contribution in [0.4, 0.5) is 28.4 Å². The van der Waals surface area contributed by atoms with E-state index in [1.54, 1.807) is 0 Å². The third kappa shape index (κ3) is 13.6. The quantitative estimate of drug-likeness (QED) is 0.159. The molecule has 0 unspecified atom stereocenters. The molecule has 0 bridgehead atoms. The van der Waals surface area contributed by atoms with Crippen molar-refractivity contribution in [3.63, 3.8) is 0 Å². The first-order valence-corrected chi connectivity index (χ1v) is 29.0. The van der Waals surface area contributed by atoms with Crippen molar-refractivity contribution in [2.24, 2.45) is 0 Å². The Bertz CT molecular complexity index is 3700. The van der Waals surface area contributed by atoms with E-state index in [9.17, 15) is 0 Å². The van der Waals surface area contributed by atoms with E-state index in [0.29, 0.717) is 29.1 Å². The van der Waals surface area contributed by atoms with Crippen LogP contribution in [-0.2, 0) is 0 Å². The van der Waals surface area contributed by atoms with Gasteiger partial charge in [-0.25, -0.2) is 0 Å². The van der Waals surface area contributed by atoms with Crippen LogP contribution in [0.1, 0.15) is 95.8 Å². The maximum atomic E-state index is 7.29. The van der Waals surface area contributed by atoms with Crippen LogP contribution in [0, 0.1) is 109 Å². The summed E-state index contributed by atoms with van der Waals surface area (Å²) in [6.45, 7) is 70.1. The van der Waals surface area contributed by atoms with Crippen LogP contribution in [-0.4, -0.2) is 90.6 Å². The second-order valence-corrected chi connectivity index (χ2v) is 23.0. The molecular weight excluding hydrogens is 1060 g/mol. The van der Waals surface area contributed by atoms with Gasteiger partial charge >= 0.3 is 0 Å². The molecular formula is C71H87N15. The standard InChI is InChI=1S/C16H21N3.3C14H17N3.C13H15N3/c1-10-8-11(2)16(13(4)12(10)3)19-9-15(17-6)18(7)14(19)5;1-10-6-7-13(11(2)8-10)17-12(3)16(5)9-14(17)15-4;1-10-6-7-11(2)13(8-10)17-12(3)16(5)9-14(17)15-4;1-10-7-6-8-11(2)14(10)17-12(3)16(5)9-13(17)15-4;1-10-7-5-6-8-12(10)16-11(2)15(4)9-13(16)14-3/h8-9,14H,1-5,7H3;3*6-9,12H,1-3,5H3;5-9,11H,1-2,4H3/t14-;3*12-;11-/m00000/s1. The Morgan fingerprint density at radius 2 is 0.709 bits per heavy atom. The molecule has 86 heavy (non-hydrogen) atoms. The fourth-order valence-corrected chi connectivity index (χ4v) is 11.3. The summed E-state index contributed by atoms with van der Waals surface area (Å²) in [5.74, 6) is 3.45. The number of rotatable bonds is 5. The van der Waals surface area contributed by atoms with Gasteiger partial charge in [0.2, 0.25) is 29.1 Å². The Balaban J connectivity index is 0.000000172. The monoisotopic (exact) mass is 1150 g/mol. The minimum Gasteiger partial charge on any atom is -0.363 e. The summed E-state index contributed by atoms with van der Waals surface area (Å²) in [6.07, 6.45) is 10.5. The van der Waals surface area contributed by atoms with E-state index in [-0.39, 0.29) is 30.8 Å². The van der Waals surface area contributed by atoms with Crippen molar-refractivity contribution >= 4 is 28.4 Å². The van der Waals surface area contributed by atoms with Crippen LogP contribution in [0.25, 0.3) is 24.2 Å². The molecule has 5 aliphatic rings. The van der Waals surface area contributed by atoms with Crippen molar-refractivity contribution in [1.82, 2.24) is 24.5 Å². The Morgan fingerprint density at radius 1 is 0.314 bits per heavy atom. The highest BCUT2D eigenvalue weighted by molar-refractivity contribution is 5.68. The number of hydrogen-bond donors (Lipinski definition) is 0. The number of para-hydroxylation sites is 2. The maximum Gasteiger partial charge on any atom is 0.247 e. The maximum absolute atomic E-state index is 7.29. The molecule has 15 heteroatoms. The van der Waals surface area contributed by atoms with Gasteiger partial charge in [0.05, 0.1) is 7.05 Å². The first kappa shape index (κ1) is 65.4. The van der Waals surface area contributed by atoms with Crippen LogP contribution in [0.2, 0.25) is 0 Å². The van der Waals surface area contributed by atoms with Gasteiger partial charge in [0.15, 0.2) is 30.8 Å². The summed E-state index contributed by atoms with van der Waals surface area (Å²) in [5, 5.41) is 0. The average molecular weight is 1150 g/mol. The SMILES string of the molecule is [C-]#[N+]C1=CN(C)[C@H](C)N1c1c(C)cccc1C.[C-]#[N+]C1=CN(C)[C@H](C)N1c1cc(C)ccc1C.[C-]#[N+]C1=CN(C)[C@H](C)N1c1ccc(C)cc1C.[C-]#[N+]C1=CN(C)[C@H](C)N1c1ccccc1C.[C-]#[N+]C1=CN(c2c(C)cc(C)c(C)c2C)[C@@H](C)N1C. The molecule has 5 heterocycles. The molecule has 446 valence electrons. The zero-order valence-corrected chi connectivity index (χ0v) is 54.6. The molecule has 0 saturated carbocycles. The summed E-state index contributed by atoms with van der Waals surface area (Å²) in [6, 6.07) is 29.3. The van der Waals surface area contributed by atoms with E-state index in [1.807, 2.05) is 83.3 Å². The predicted molar refractivity (Wildman–Crippen MR) is 356 cm³/mol. The summed E-state index contributed by atoms with van der Waals surface area (Å²) >= 11 is 0. The Kier molecular flexibility index (Phi) is 21.1. The largest absolute Gasteiger partial charge is 0.363 e. The zero-order valence-electron chi connectivity index (χ0n) is 54.6. The predicted octanol–water partition coefficient (Wildman–Crippen LogP) is 15.9. The Morgan fingerprint density at radius 3 is 1.16 bits per heavy atom. The van der Waals surface area contributed by atoms with Gasteiger partial charge < -0.3 is 53.6 Å². The van der Waals surface area contributed by atoms with Crippen molar-refractivity contribution in [2.45, 2.75) is 142 Å². The molecule has 5 aromatic carbocycles. The van der Waals surface area contributed by atoms with Gasteiger partial charge in [0.25, 0.3) is 0 Å². The summed E-state index contributed by atoms with van der Waals surface area (Å²) in [5.41, 5.74) is 19.5. The molecule has 0 saturated heterocycles. The summed E-state index contributed by atoms with van der Waals surface area (Å²) in [7, 11) is 9.97. The second-order valence-electron chi connectivity index (χ2n) is 23.0. The molecule has 5 aromatic rings. The molecule has 15 nitrogen and oxygen atoms in total. The van der Waals surface area contributed by atoms with E-state index in [4.69, 9.17) is 32.9 Å². The van der Waals surface area contributed by atoms with E-state index in [2.05, 4.69) is 252 Å². The summed E-state index contributed by atoms with van der Waals surface area (Å²) < 4.78 is 0. The lowest BCUT2D eigenvalue weighted by atomic mass is 9.97. The average Bonchev–Trinajstić information content (AvgIpc) is 2.57. The zero-order chi connectivity index (χ0) is 63.8. The third-order valence-electron chi connectivity index (χ3n) is 17.1. The van der Waals surface area contributed by atoms with Crippen LogP contribution in [0.5, 0.6) is 0 Å². The molecule has 5 atom stereocenters. The Hall–Kier alpha value is -9.75. The van der Waals surface area contributed by atoms with E-state index in [0.717, 1.165) is 22.7 Å². The van der Waals surface area contributed by atoms with Gasteiger partial charge in [-0.05, 0) is 185 Å². The van der Waals surface area contributed by atoms with Crippen LogP contribution >= 0.6 is 0 Å². The fraction of sp³-hybridized carbons (Fsp3) is 0.366. The van der Waals surface area contributed by atoms with Gasteiger partial charge in [0.1, 0.15) is 22.7 Å². The number of aryl methyl sites for hydroxylation is 9. The molecule has 10 rings (SSSR count). The lowest BCUT2D eigenvalue weighted by molar-refractivity contribution is 0.364. The minimum atomic E-state index is 0.184. The molecule has 0 aromatic heterocycles. The first-order valence-electron chi connectivity index (χ1n) is 29.0. The highest BCUT2D eigenvalue weighted by Gasteiger charge is 2.36. The molecule has 0 aliphatic carbocycles. The molecule has 0 amide bonds. The van der Waals surface area contributed by atoms with Crippen molar-refractivity contribution in [3.05, 3.63) is 263 Å². The third-order valence-corrected chi connectivity index (χ3v) is 17.1. The molecule has 0 radical (unpaired) electrons. The van der Waals surface area contributed by atoms with Crippen LogP contribution < -0.4 is 24.5 Å². The molecule has 0 fully saturated rings. The highest BCUT2D eigenvalue weighted by Crippen LogP contribution is 2.39. The van der Waals surface area contributed by atoms with Crippen molar-refractivity contribution in [2.75, 3.05) is 59.7 Å². The van der Waals surface area contributed by atoms with E-state index in [1.165, 1.54) is 66.9 Å². The molecule has 0 spiro atoms. The lowest BCUT2D eigenvalue weighted by Gasteiger charge is -2.29. The van der Waals surface area contributed by atoms with Gasteiger partial charge in [-0.1, -0.05) is 105 Å². The first-order chi connectivity index (χ1) is 40.7. The van der Waals surface area contributed by atoms with Gasteiger partial charge in [0, 0.05) is 64.9 Å². The van der Waals surface area contributed by atoms with Crippen LogP contribution in [0.15, 0.2) is 145 Å². The normalized spacial score (nSPS) is 19.2.